The molecule has 5 N–H and O–H groups in total. The minimum Gasteiger partial charge on any atom is -0.394 e. The number of hydrogen-bond donors (Lipinski definition) is 5. The van der Waals surface area contributed by atoms with Gasteiger partial charge in [0.25, 0.3) is 0 Å². The Balaban J connectivity index is 3.72. The molecule has 0 aromatic rings. The second-order valence-electron chi connectivity index (χ2n) is 16.1. The Kier molecular flexibility index (Phi) is 40.5. The Morgan fingerprint density at radius 1 is 0.462 bits per heavy atom. The van der Waals surface area contributed by atoms with Crippen molar-refractivity contribution in [3.05, 3.63) is 12.2 Å². The quantitative estimate of drug-likeness (QED) is 0.0316. The van der Waals surface area contributed by atoms with Gasteiger partial charge in [-0.05, 0) is 38.5 Å². The summed E-state index contributed by atoms with van der Waals surface area (Å²) in [5.41, 5.74) is 0. The molecule has 4 unspecified atom stereocenters. The van der Waals surface area contributed by atoms with Crippen molar-refractivity contribution in [2.75, 3.05) is 6.61 Å². The Hall–Kier alpha value is -0.950. The molecule has 0 aliphatic carbocycles. The largest absolute Gasteiger partial charge is 0.394 e. The third-order valence-electron chi connectivity index (χ3n) is 11.0. The van der Waals surface area contributed by atoms with Crippen LogP contribution >= 0.6 is 0 Å². The highest BCUT2D eigenvalue weighted by atomic mass is 16.3. The van der Waals surface area contributed by atoms with Crippen molar-refractivity contribution in [1.82, 2.24) is 5.32 Å². The van der Waals surface area contributed by atoms with Crippen LogP contribution in [0, 0.1) is 0 Å². The predicted molar refractivity (Wildman–Crippen MR) is 224 cm³/mol. The summed E-state index contributed by atoms with van der Waals surface area (Å²) < 4.78 is 0. The van der Waals surface area contributed by atoms with E-state index in [1.807, 2.05) is 0 Å². The zero-order chi connectivity index (χ0) is 38.2. The van der Waals surface area contributed by atoms with E-state index in [1.165, 1.54) is 167 Å². The van der Waals surface area contributed by atoms with Crippen LogP contribution in [-0.2, 0) is 4.79 Å². The predicted octanol–water partition coefficient (Wildman–Crippen LogP) is 12.2. The number of hydrogen-bond acceptors (Lipinski definition) is 5. The normalized spacial score (nSPS) is 14.2. The molecular weight excluding hydrogens is 647 g/mol. The van der Waals surface area contributed by atoms with E-state index in [0.29, 0.717) is 12.8 Å². The second kappa shape index (κ2) is 41.2. The van der Waals surface area contributed by atoms with Gasteiger partial charge in [-0.25, -0.2) is 0 Å². The van der Waals surface area contributed by atoms with Crippen molar-refractivity contribution >= 4 is 5.91 Å². The first-order valence-electron chi connectivity index (χ1n) is 23.1. The molecule has 0 heterocycles. The van der Waals surface area contributed by atoms with Gasteiger partial charge in [0, 0.05) is 0 Å². The van der Waals surface area contributed by atoms with E-state index in [9.17, 15) is 25.2 Å². The molecule has 0 aromatic carbocycles. The standard InChI is InChI=1S/C46H91NO5/c1-3-5-7-9-11-13-15-17-19-21-22-24-25-27-29-31-33-35-37-39-43(49)45(51)42(41-48)47-46(52)44(50)40-38-36-34-32-30-28-26-23-20-18-16-14-12-10-8-6-4-2/h26,28,42-45,48-51H,3-25,27,29-41H2,1-2H3,(H,47,52)/b28-26-. The lowest BCUT2D eigenvalue weighted by Crippen LogP contribution is -2.53. The first kappa shape index (κ1) is 51.0. The maximum absolute atomic E-state index is 12.5. The lowest BCUT2D eigenvalue weighted by atomic mass is 9.99. The van der Waals surface area contributed by atoms with Crippen LogP contribution in [0.3, 0.4) is 0 Å². The summed E-state index contributed by atoms with van der Waals surface area (Å²) in [4.78, 5) is 12.5. The average Bonchev–Trinajstić information content (AvgIpc) is 3.15. The molecular formula is C46H91NO5. The Labute approximate surface area is 323 Å². The van der Waals surface area contributed by atoms with E-state index in [4.69, 9.17) is 0 Å². The zero-order valence-electron chi connectivity index (χ0n) is 34.8. The number of aliphatic hydroxyl groups is 4. The van der Waals surface area contributed by atoms with Crippen LogP contribution in [-0.4, -0.2) is 57.3 Å². The van der Waals surface area contributed by atoms with Crippen molar-refractivity contribution < 1.29 is 25.2 Å². The van der Waals surface area contributed by atoms with Gasteiger partial charge in [0.2, 0.25) is 5.91 Å². The Bertz CT molecular complexity index is 746. The zero-order valence-corrected chi connectivity index (χ0v) is 34.8. The topological polar surface area (TPSA) is 110 Å². The highest BCUT2D eigenvalue weighted by Crippen LogP contribution is 2.17. The summed E-state index contributed by atoms with van der Waals surface area (Å²) in [6.45, 7) is 4.06. The third kappa shape index (κ3) is 34.8. The number of amides is 1. The van der Waals surface area contributed by atoms with Crippen LogP contribution in [0.25, 0.3) is 0 Å². The molecule has 52 heavy (non-hydrogen) atoms. The highest BCUT2D eigenvalue weighted by molar-refractivity contribution is 5.80. The number of rotatable bonds is 42. The Morgan fingerprint density at radius 3 is 1.12 bits per heavy atom. The molecule has 0 rings (SSSR count). The van der Waals surface area contributed by atoms with E-state index in [1.54, 1.807) is 0 Å². The molecule has 0 aliphatic rings. The van der Waals surface area contributed by atoms with Crippen LogP contribution in [0.1, 0.15) is 245 Å². The van der Waals surface area contributed by atoms with Gasteiger partial charge in [0.15, 0.2) is 0 Å². The summed E-state index contributed by atoms with van der Waals surface area (Å²) in [6, 6.07) is -0.986. The summed E-state index contributed by atoms with van der Waals surface area (Å²) in [5.74, 6) is -0.590. The monoisotopic (exact) mass is 738 g/mol. The van der Waals surface area contributed by atoms with Gasteiger partial charge in [-0.2, -0.15) is 0 Å². The Morgan fingerprint density at radius 2 is 0.769 bits per heavy atom. The molecule has 0 bridgehead atoms. The smallest absolute Gasteiger partial charge is 0.249 e. The van der Waals surface area contributed by atoms with Crippen LogP contribution in [0.5, 0.6) is 0 Å². The fourth-order valence-corrected chi connectivity index (χ4v) is 7.28. The summed E-state index contributed by atoms with van der Waals surface area (Å²) in [7, 11) is 0. The minimum atomic E-state index is -1.26. The molecule has 310 valence electrons. The van der Waals surface area contributed by atoms with Gasteiger partial charge in [-0.1, -0.05) is 219 Å². The number of allylic oxidation sites excluding steroid dienone is 2. The molecule has 6 nitrogen and oxygen atoms in total. The van der Waals surface area contributed by atoms with E-state index in [0.717, 1.165) is 51.4 Å². The van der Waals surface area contributed by atoms with Gasteiger partial charge >= 0.3 is 0 Å². The van der Waals surface area contributed by atoms with Crippen molar-refractivity contribution in [2.45, 2.75) is 269 Å². The fourth-order valence-electron chi connectivity index (χ4n) is 7.28. The van der Waals surface area contributed by atoms with E-state index in [-0.39, 0.29) is 0 Å². The molecule has 0 aliphatic heterocycles. The summed E-state index contributed by atoms with van der Waals surface area (Å²) >= 11 is 0. The number of carbonyl (C=O) groups is 1. The van der Waals surface area contributed by atoms with Gasteiger partial charge in [-0.15, -0.1) is 0 Å². The lowest BCUT2D eigenvalue weighted by molar-refractivity contribution is -0.132. The van der Waals surface area contributed by atoms with Gasteiger partial charge in [0.05, 0.1) is 18.8 Å². The molecule has 0 fully saturated rings. The maximum Gasteiger partial charge on any atom is 0.249 e. The second-order valence-corrected chi connectivity index (χ2v) is 16.1. The van der Waals surface area contributed by atoms with Crippen LogP contribution in [0.15, 0.2) is 12.2 Å². The highest BCUT2D eigenvalue weighted by Gasteiger charge is 2.28. The third-order valence-corrected chi connectivity index (χ3v) is 11.0. The van der Waals surface area contributed by atoms with Crippen LogP contribution in [0.2, 0.25) is 0 Å². The molecule has 0 aromatic heterocycles. The molecule has 6 heteroatoms. The number of nitrogens with one attached hydrogen (secondary N) is 1. The van der Waals surface area contributed by atoms with Crippen molar-refractivity contribution in [3.63, 3.8) is 0 Å². The van der Waals surface area contributed by atoms with Crippen LogP contribution < -0.4 is 5.32 Å². The number of unbranched alkanes of at least 4 members (excludes halogenated alkanes) is 31. The summed E-state index contributed by atoms with van der Waals surface area (Å²) in [5, 5.41) is 43.7. The summed E-state index contributed by atoms with van der Waals surface area (Å²) in [6.07, 6.45) is 45.3. The van der Waals surface area contributed by atoms with Crippen LogP contribution in [0.4, 0.5) is 0 Å². The minimum absolute atomic E-state index is 0.358. The van der Waals surface area contributed by atoms with Crippen molar-refractivity contribution in [1.29, 1.82) is 0 Å². The number of carbonyl (C=O) groups excluding carboxylic acids is 1. The van der Waals surface area contributed by atoms with E-state index >= 15 is 0 Å². The first-order valence-corrected chi connectivity index (χ1v) is 23.1. The van der Waals surface area contributed by atoms with Gasteiger partial charge < -0.3 is 25.7 Å². The molecule has 0 saturated carbocycles. The molecule has 4 atom stereocenters. The van der Waals surface area contributed by atoms with Crippen molar-refractivity contribution in [2.24, 2.45) is 0 Å². The lowest BCUT2D eigenvalue weighted by Gasteiger charge is -2.27. The SMILES string of the molecule is CCCCCCCCCCC/C=C\CCCCCCC(O)C(=O)NC(CO)C(O)C(O)CCCCCCCCCCCCCCCCCCCCC. The van der Waals surface area contributed by atoms with Gasteiger partial charge in [-0.3, -0.25) is 4.79 Å². The number of aliphatic hydroxyl groups excluding tert-OH is 4. The molecule has 0 radical (unpaired) electrons. The maximum atomic E-state index is 12.5. The molecule has 0 saturated heterocycles. The van der Waals surface area contributed by atoms with Gasteiger partial charge in [0.1, 0.15) is 12.2 Å². The average molecular weight is 738 g/mol. The molecule has 1 amide bonds. The van der Waals surface area contributed by atoms with E-state index in [2.05, 4.69) is 31.3 Å². The van der Waals surface area contributed by atoms with Crippen molar-refractivity contribution in [3.8, 4) is 0 Å². The fraction of sp³-hybridized carbons (Fsp3) is 0.935. The van der Waals surface area contributed by atoms with E-state index < -0.39 is 36.9 Å². The molecule has 0 spiro atoms. The first-order chi connectivity index (χ1) is 25.5.